The van der Waals surface area contributed by atoms with E-state index in [-0.39, 0.29) is 0 Å². The third kappa shape index (κ3) is 5.31. The van der Waals surface area contributed by atoms with Crippen LogP contribution in [0.2, 0.25) is 19.6 Å². The van der Waals surface area contributed by atoms with Crippen LogP contribution < -0.4 is 21.6 Å². The van der Waals surface area contributed by atoms with Gasteiger partial charge < -0.3 is 21.6 Å². The molecule has 1 aromatic carbocycles. The smallest absolute Gasteiger partial charge is 0.242 e. The number of benzene rings is 1. The molecule has 6 N–H and O–H groups in total. The molecule has 1 aromatic rings. The zero-order valence-corrected chi connectivity index (χ0v) is 17.3. The summed E-state index contributed by atoms with van der Waals surface area (Å²) in [6, 6.07) is 4.15. The summed E-state index contributed by atoms with van der Waals surface area (Å²) in [4.78, 5) is 0. The summed E-state index contributed by atoms with van der Waals surface area (Å²) >= 11 is 0. The van der Waals surface area contributed by atoms with Crippen LogP contribution in [0, 0.1) is 0 Å². The molecule has 0 radical (unpaired) electrons. The maximum atomic E-state index is 6.45. The van der Waals surface area contributed by atoms with Crippen LogP contribution in [0.1, 0.15) is 58.2 Å². The van der Waals surface area contributed by atoms with Crippen LogP contribution in [0.5, 0.6) is 5.75 Å². The van der Waals surface area contributed by atoms with Crippen molar-refractivity contribution in [3.63, 3.8) is 0 Å². The zero-order chi connectivity index (χ0) is 18.4. The van der Waals surface area contributed by atoms with Crippen LogP contribution in [0.15, 0.2) is 12.1 Å². The van der Waals surface area contributed by atoms with Gasteiger partial charge in [0.05, 0.1) is 0 Å². The zero-order valence-electron chi connectivity index (χ0n) is 16.3. The van der Waals surface area contributed by atoms with Crippen molar-refractivity contribution in [3.05, 3.63) is 28.8 Å². The van der Waals surface area contributed by atoms with Gasteiger partial charge in [-0.1, -0.05) is 0 Å². The molecular formula is C18H35N3OSi. The molecule has 0 bridgehead atoms. The highest BCUT2D eigenvalue weighted by Gasteiger charge is 2.32. The highest BCUT2D eigenvalue weighted by molar-refractivity contribution is 6.70. The van der Waals surface area contributed by atoms with Crippen LogP contribution in [0.25, 0.3) is 0 Å². The molecule has 4 nitrogen and oxygen atoms in total. The van der Waals surface area contributed by atoms with Crippen LogP contribution in [0.4, 0.5) is 0 Å². The van der Waals surface area contributed by atoms with Crippen molar-refractivity contribution in [2.75, 3.05) is 0 Å². The molecule has 1 rings (SSSR count). The molecule has 0 saturated carbocycles. The van der Waals surface area contributed by atoms with Crippen molar-refractivity contribution in [2.24, 2.45) is 17.2 Å². The topological polar surface area (TPSA) is 87.3 Å². The van der Waals surface area contributed by atoms with Gasteiger partial charge in [0.15, 0.2) is 0 Å². The van der Waals surface area contributed by atoms with E-state index in [9.17, 15) is 0 Å². The lowest BCUT2D eigenvalue weighted by atomic mass is 9.81. The quantitative estimate of drug-likeness (QED) is 0.718. The highest BCUT2D eigenvalue weighted by Crippen LogP contribution is 2.40. The summed E-state index contributed by atoms with van der Waals surface area (Å²) in [5, 5.41) is 0. The van der Waals surface area contributed by atoms with Gasteiger partial charge in [-0.25, -0.2) is 0 Å². The van der Waals surface area contributed by atoms with Gasteiger partial charge in [0, 0.05) is 27.7 Å². The standard InChI is InChI=1S/C18H35N3OSi/c1-16(2,19)12-10-13(17(3,4)20)15(22-23(7,8)9)14(11-12)18(5,6)21/h10-11H,19-21H2,1-9H3. The third-order valence-corrected chi connectivity index (χ3v) is 4.45. The predicted molar refractivity (Wildman–Crippen MR) is 102 cm³/mol. The number of hydrogen-bond acceptors (Lipinski definition) is 4. The van der Waals surface area contributed by atoms with Crippen molar-refractivity contribution >= 4 is 8.32 Å². The van der Waals surface area contributed by atoms with Crippen LogP contribution in [0.3, 0.4) is 0 Å². The second-order valence-electron chi connectivity index (χ2n) is 9.28. The fourth-order valence-corrected chi connectivity index (χ4v) is 3.21. The first kappa shape index (κ1) is 20.2. The van der Waals surface area contributed by atoms with E-state index >= 15 is 0 Å². The Hall–Kier alpha value is -0.883. The molecule has 0 fully saturated rings. The first-order valence-electron chi connectivity index (χ1n) is 8.18. The lowest BCUT2D eigenvalue weighted by Crippen LogP contribution is -2.39. The maximum absolute atomic E-state index is 6.45. The van der Waals surface area contributed by atoms with Gasteiger partial charge in [0.1, 0.15) is 5.75 Å². The predicted octanol–water partition coefficient (Wildman–Crippen LogP) is 3.48. The molecule has 0 amide bonds. The second-order valence-corrected chi connectivity index (χ2v) is 13.7. The van der Waals surface area contributed by atoms with Gasteiger partial charge in [-0.05, 0) is 78.9 Å². The Labute approximate surface area is 142 Å². The lowest BCUT2D eigenvalue weighted by Gasteiger charge is -2.35. The highest BCUT2D eigenvalue weighted by atomic mass is 28.4. The largest absolute Gasteiger partial charge is 0.544 e. The molecule has 0 unspecified atom stereocenters. The molecule has 0 spiro atoms. The molecule has 23 heavy (non-hydrogen) atoms. The summed E-state index contributed by atoms with van der Waals surface area (Å²) in [6.45, 7) is 18.4. The molecule has 0 saturated heterocycles. The Morgan fingerprint density at radius 3 is 1.30 bits per heavy atom. The minimum Gasteiger partial charge on any atom is -0.544 e. The summed E-state index contributed by atoms with van der Waals surface area (Å²) in [7, 11) is -1.82. The van der Waals surface area contributed by atoms with E-state index in [1.807, 2.05) is 41.5 Å². The molecule has 0 aliphatic carbocycles. The molecule has 132 valence electrons. The summed E-state index contributed by atoms with van der Waals surface area (Å²) in [5.41, 5.74) is 20.6. The monoisotopic (exact) mass is 337 g/mol. The SMILES string of the molecule is CC(C)(N)c1cc(C(C)(C)N)c(O[Si](C)(C)C)c(C(C)(C)N)c1. The molecule has 0 atom stereocenters. The summed E-state index contributed by atoms with van der Waals surface area (Å²) < 4.78 is 6.42. The van der Waals surface area contributed by atoms with E-state index in [0.29, 0.717) is 0 Å². The molecule has 0 aliphatic rings. The molecule has 0 aromatic heterocycles. The average Bonchev–Trinajstić information content (AvgIpc) is 2.21. The van der Waals surface area contributed by atoms with Crippen LogP contribution in [-0.2, 0) is 16.6 Å². The third-order valence-electron chi connectivity index (χ3n) is 3.63. The van der Waals surface area contributed by atoms with Gasteiger partial charge >= 0.3 is 0 Å². The maximum Gasteiger partial charge on any atom is 0.242 e. The van der Waals surface area contributed by atoms with Gasteiger partial charge in [0.25, 0.3) is 0 Å². The Kier molecular flexibility index (Phi) is 5.16. The second kappa shape index (κ2) is 5.88. The van der Waals surface area contributed by atoms with E-state index in [0.717, 1.165) is 22.4 Å². The van der Waals surface area contributed by atoms with Gasteiger partial charge in [-0.3, -0.25) is 0 Å². The molecule has 0 heterocycles. The average molecular weight is 338 g/mol. The van der Waals surface area contributed by atoms with Crippen molar-refractivity contribution < 1.29 is 4.43 Å². The van der Waals surface area contributed by atoms with Crippen LogP contribution >= 0.6 is 0 Å². The van der Waals surface area contributed by atoms with E-state index in [2.05, 4.69) is 31.8 Å². The summed E-state index contributed by atoms with van der Waals surface area (Å²) in [6.07, 6.45) is 0. The summed E-state index contributed by atoms with van der Waals surface area (Å²) in [5.74, 6) is 0.831. The Bertz CT molecular complexity index is 535. The van der Waals surface area contributed by atoms with E-state index in [1.165, 1.54) is 0 Å². The van der Waals surface area contributed by atoms with E-state index in [4.69, 9.17) is 21.6 Å². The van der Waals surface area contributed by atoms with E-state index in [1.54, 1.807) is 0 Å². The van der Waals surface area contributed by atoms with Gasteiger partial charge in [-0.15, -0.1) is 0 Å². The Morgan fingerprint density at radius 1 is 0.739 bits per heavy atom. The number of nitrogens with two attached hydrogens (primary N) is 3. The van der Waals surface area contributed by atoms with E-state index < -0.39 is 24.9 Å². The molecule has 5 heteroatoms. The molecule has 0 aliphatic heterocycles. The van der Waals surface area contributed by atoms with Gasteiger partial charge in [0.2, 0.25) is 8.32 Å². The minimum absolute atomic E-state index is 0.475. The normalized spacial score (nSPS) is 14.1. The minimum atomic E-state index is -1.82. The fourth-order valence-electron chi connectivity index (χ4n) is 2.37. The van der Waals surface area contributed by atoms with Crippen LogP contribution in [-0.4, -0.2) is 8.32 Å². The van der Waals surface area contributed by atoms with Crippen molar-refractivity contribution in [1.29, 1.82) is 0 Å². The fraction of sp³-hybridized carbons (Fsp3) is 0.667. The lowest BCUT2D eigenvalue weighted by molar-refractivity contribution is 0.456. The van der Waals surface area contributed by atoms with Gasteiger partial charge in [-0.2, -0.15) is 0 Å². The number of rotatable bonds is 5. The Morgan fingerprint density at radius 2 is 1.09 bits per heavy atom. The first-order chi connectivity index (χ1) is 9.93. The van der Waals surface area contributed by atoms with Crippen molar-refractivity contribution in [1.82, 2.24) is 0 Å². The van der Waals surface area contributed by atoms with Crippen molar-refractivity contribution in [3.8, 4) is 5.75 Å². The van der Waals surface area contributed by atoms with Crippen molar-refractivity contribution in [2.45, 2.75) is 77.8 Å². The Balaban J connectivity index is 3.82. The first-order valence-corrected chi connectivity index (χ1v) is 11.6. The molecular weight excluding hydrogens is 302 g/mol. The number of hydrogen-bond donors (Lipinski definition) is 3.